The Morgan fingerprint density at radius 2 is 1.92 bits per heavy atom. The van der Waals surface area contributed by atoms with Gasteiger partial charge in [-0.25, -0.2) is 19.2 Å². The van der Waals surface area contributed by atoms with Crippen molar-refractivity contribution >= 4 is 51.4 Å². The number of carbonyl (C=O) groups is 2. The van der Waals surface area contributed by atoms with Gasteiger partial charge in [0, 0.05) is 55.2 Å². The number of amides is 3. The Bertz CT molecular complexity index is 1270. The van der Waals surface area contributed by atoms with Crippen molar-refractivity contribution in [1.82, 2.24) is 15.3 Å². The third-order valence-electron chi connectivity index (χ3n) is 6.44. The molecule has 0 aliphatic carbocycles. The molecule has 0 saturated carbocycles. The summed E-state index contributed by atoms with van der Waals surface area (Å²) in [5.74, 6) is -1.17. The molecule has 5 N–H and O–H groups in total. The first kappa shape index (κ1) is 25.7. The Hall–Kier alpha value is -3.97. The smallest absolute Gasteiger partial charge is 0.321 e. The van der Waals surface area contributed by atoms with Crippen molar-refractivity contribution in [3.8, 4) is 0 Å². The number of primary amides is 1. The number of hydrogen-bond donors (Lipinski definition) is 4. The first-order valence-electron chi connectivity index (χ1n) is 12.4. The molecule has 3 amide bonds. The molecule has 1 atom stereocenters. The monoisotopic (exact) mass is 540 g/mol. The molecule has 2 aliphatic rings. The number of halogens is 1. The Kier molecular flexibility index (Phi) is 7.84. The minimum atomic E-state index is -0.785. The van der Waals surface area contributed by atoms with E-state index >= 15 is 4.39 Å². The first-order valence-corrected chi connectivity index (χ1v) is 13.3. The van der Waals surface area contributed by atoms with E-state index in [9.17, 15) is 9.59 Å². The number of benzene rings is 1. The maximum Gasteiger partial charge on any atom is 0.321 e. The molecule has 2 aliphatic heterocycles. The van der Waals surface area contributed by atoms with Crippen molar-refractivity contribution in [1.29, 1.82) is 0 Å². The molecular weight excluding hydrogens is 511 g/mol. The molecule has 0 spiro atoms. The lowest BCUT2D eigenvalue weighted by Crippen LogP contribution is -2.49. The van der Waals surface area contributed by atoms with Gasteiger partial charge in [0.1, 0.15) is 5.82 Å². The van der Waals surface area contributed by atoms with E-state index in [-0.39, 0.29) is 29.3 Å². The number of anilines is 5. The lowest BCUT2D eigenvalue weighted by molar-refractivity contribution is 0.100. The van der Waals surface area contributed by atoms with Gasteiger partial charge in [-0.15, -0.1) is 11.3 Å². The molecule has 1 aromatic carbocycles. The third kappa shape index (κ3) is 6.11. The van der Waals surface area contributed by atoms with E-state index in [2.05, 4.69) is 30.8 Å². The Morgan fingerprint density at radius 3 is 2.63 bits per heavy atom. The SMILES string of the molecule is NC(=O)c1cc(F)c(N2CCC[C@@H](NC(=O)Nc3nccs3)C2)nc1Nc1ccc(N2CCOCC2)cc1. The van der Waals surface area contributed by atoms with Crippen LogP contribution in [-0.2, 0) is 4.74 Å². The number of carbonyl (C=O) groups excluding carboxylic acids is 2. The molecule has 0 bridgehead atoms. The summed E-state index contributed by atoms with van der Waals surface area (Å²) in [6.45, 7) is 3.93. The predicted molar refractivity (Wildman–Crippen MR) is 145 cm³/mol. The molecule has 2 fully saturated rings. The van der Waals surface area contributed by atoms with Crippen LogP contribution in [0.1, 0.15) is 23.2 Å². The highest BCUT2D eigenvalue weighted by Crippen LogP contribution is 2.29. The summed E-state index contributed by atoms with van der Waals surface area (Å²) in [5, 5.41) is 11.0. The number of nitrogens with zero attached hydrogens (tertiary/aromatic N) is 4. The average Bonchev–Trinajstić information content (AvgIpc) is 3.43. The second-order valence-electron chi connectivity index (χ2n) is 9.05. The molecule has 2 saturated heterocycles. The van der Waals surface area contributed by atoms with Crippen LogP contribution >= 0.6 is 11.3 Å². The van der Waals surface area contributed by atoms with Crippen LogP contribution in [0.25, 0.3) is 0 Å². The molecule has 0 unspecified atom stereocenters. The highest BCUT2D eigenvalue weighted by molar-refractivity contribution is 7.13. The van der Waals surface area contributed by atoms with Gasteiger partial charge in [0.25, 0.3) is 5.91 Å². The van der Waals surface area contributed by atoms with Crippen molar-refractivity contribution < 1.29 is 18.7 Å². The minimum absolute atomic E-state index is 0.0435. The second-order valence-corrected chi connectivity index (χ2v) is 9.94. The predicted octanol–water partition coefficient (Wildman–Crippen LogP) is 3.15. The van der Waals surface area contributed by atoms with Crippen LogP contribution in [0.3, 0.4) is 0 Å². The molecule has 0 radical (unpaired) electrons. The van der Waals surface area contributed by atoms with E-state index in [1.54, 1.807) is 16.5 Å². The maximum atomic E-state index is 15.2. The Balaban J connectivity index is 1.31. The fraction of sp³-hybridized carbons (Fsp3) is 0.360. The van der Waals surface area contributed by atoms with Crippen LogP contribution in [-0.4, -0.2) is 67.3 Å². The standard InChI is InChI=1S/C25H29FN8O3S/c26-20-14-19(21(27)35)22(29-16-3-5-18(6-4-16)33-9-11-37-12-10-33)31-23(20)34-8-1-2-17(15-34)30-24(36)32-25-28-7-13-38-25/h3-7,13-14,17H,1-2,8-12,15H2,(H2,27,35)(H,29,31)(H2,28,30,32,36)/t17-/m1/s1. The molecular formula is C25H29FN8O3S. The number of aromatic nitrogens is 2. The van der Waals surface area contributed by atoms with Gasteiger partial charge in [-0.3, -0.25) is 10.1 Å². The largest absolute Gasteiger partial charge is 0.378 e. The molecule has 5 rings (SSSR count). The highest BCUT2D eigenvalue weighted by Gasteiger charge is 2.26. The first-order chi connectivity index (χ1) is 18.5. The quantitative estimate of drug-likeness (QED) is 0.359. The molecule has 11 nitrogen and oxygen atoms in total. The third-order valence-corrected chi connectivity index (χ3v) is 7.13. The van der Waals surface area contributed by atoms with Gasteiger partial charge in [-0.2, -0.15) is 0 Å². The summed E-state index contributed by atoms with van der Waals surface area (Å²) < 4.78 is 20.6. The number of hydrogen-bond acceptors (Lipinski definition) is 9. The molecule has 3 aromatic rings. The number of piperidine rings is 1. The average molecular weight is 541 g/mol. The summed E-state index contributed by atoms with van der Waals surface area (Å²) in [6, 6.07) is 8.22. The topological polar surface area (TPSA) is 138 Å². The lowest BCUT2D eigenvalue weighted by Gasteiger charge is -2.34. The number of nitrogens with one attached hydrogen (secondary N) is 3. The number of rotatable bonds is 7. The molecule has 4 heterocycles. The molecule has 2 aromatic heterocycles. The van der Waals surface area contributed by atoms with Gasteiger partial charge < -0.3 is 30.9 Å². The Morgan fingerprint density at radius 1 is 1.13 bits per heavy atom. The van der Waals surface area contributed by atoms with E-state index in [1.807, 2.05) is 24.3 Å². The van der Waals surface area contributed by atoms with Gasteiger partial charge >= 0.3 is 6.03 Å². The zero-order valence-corrected chi connectivity index (χ0v) is 21.5. The van der Waals surface area contributed by atoms with Gasteiger partial charge in [0.2, 0.25) is 0 Å². The van der Waals surface area contributed by atoms with Crippen LogP contribution in [0.2, 0.25) is 0 Å². The van der Waals surface area contributed by atoms with Crippen molar-refractivity contribution in [3.05, 3.63) is 53.3 Å². The summed E-state index contributed by atoms with van der Waals surface area (Å²) in [6.07, 6.45) is 3.08. The lowest BCUT2D eigenvalue weighted by atomic mass is 10.1. The van der Waals surface area contributed by atoms with Crippen molar-refractivity contribution in [3.63, 3.8) is 0 Å². The van der Waals surface area contributed by atoms with Crippen molar-refractivity contribution in [2.45, 2.75) is 18.9 Å². The number of thiazole rings is 1. The van der Waals surface area contributed by atoms with Gasteiger partial charge in [0.15, 0.2) is 16.8 Å². The molecule has 38 heavy (non-hydrogen) atoms. The summed E-state index contributed by atoms with van der Waals surface area (Å²) >= 11 is 1.32. The number of nitrogens with two attached hydrogens (primary N) is 1. The van der Waals surface area contributed by atoms with E-state index in [0.717, 1.165) is 37.7 Å². The zero-order chi connectivity index (χ0) is 26.5. The second kappa shape index (κ2) is 11.6. The number of ether oxygens (including phenoxy) is 1. The van der Waals surface area contributed by atoms with E-state index in [0.29, 0.717) is 37.1 Å². The van der Waals surface area contributed by atoms with E-state index in [4.69, 9.17) is 10.5 Å². The number of morpholine rings is 1. The fourth-order valence-corrected chi connectivity index (χ4v) is 5.11. The summed E-state index contributed by atoms with van der Waals surface area (Å²) in [7, 11) is 0. The summed E-state index contributed by atoms with van der Waals surface area (Å²) in [5.41, 5.74) is 7.25. The Labute approximate surface area is 223 Å². The minimum Gasteiger partial charge on any atom is -0.378 e. The highest BCUT2D eigenvalue weighted by atomic mass is 32.1. The number of urea groups is 1. The van der Waals surface area contributed by atoms with Gasteiger partial charge in [-0.1, -0.05) is 0 Å². The van der Waals surface area contributed by atoms with Crippen LogP contribution in [0.15, 0.2) is 41.9 Å². The zero-order valence-electron chi connectivity index (χ0n) is 20.7. The molecule has 200 valence electrons. The van der Waals surface area contributed by atoms with E-state index < -0.39 is 11.7 Å². The van der Waals surface area contributed by atoms with E-state index in [1.165, 1.54) is 11.3 Å². The number of pyridine rings is 1. The molecule has 13 heteroatoms. The van der Waals surface area contributed by atoms with Gasteiger partial charge in [0.05, 0.1) is 18.8 Å². The summed E-state index contributed by atoms with van der Waals surface area (Å²) in [4.78, 5) is 37.0. The van der Waals surface area contributed by atoms with Crippen LogP contribution in [0.5, 0.6) is 0 Å². The van der Waals surface area contributed by atoms with Crippen molar-refractivity contribution in [2.75, 3.05) is 59.8 Å². The van der Waals surface area contributed by atoms with Crippen LogP contribution in [0.4, 0.5) is 37.3 Å². The fourth-order valence-electron chi connectivity index (χ4n) is 4.59. The van der Waals surface area contributed by atoms with Crippen LogP contribution in [0, 0.1) is 5.82 Å². The van der Waals surface area contributed by atoms with Crippen molar-refractivity contribution in [2.24, 2.45) is 5.73 Å². The normalized spacial score (nSPS) is 17.7. The van der Waals surface area contributed by atoms with Crippen LogP contribution < -0.4 is 31.5 Å². The van der Waals surface area contributed by atoms with Gasteiger partial charge in [-0.05, 0) is 43.2 Å². The maximum absolute atomic E-state index is 15.2.